The molecule has 0 fully saturated rings. The van der Waals surface area contributed by atoms with Crippen molar-refractivity contribution in [1.82, 2.24) is 5.32 Å². The lowest BCUT2D eigenvalue weighted by Gasteiger charge is -2.12. The van der Waals surface area contributed by atoms with Gasteiger partial charge in [-0.05, 0) is 66.7 Å². The predicted molar refractivity (Wildman–Crippen MR) is 116 cm³/mol. The van der Waals surface area contributed by atoms with Gasteiger partial charge in [0.2, 0.25) is 0 Å². The maximum atomic E-state index is 12.8. The van der Waals surface area contributed by atoms with Crippen LogP contribution in [0.25, 0.3) is 0 Å². The van der Waals surface area contributed by atoms with Gasteiger partial charge >= 0.3 is 6.18 Å². The molecule has 172 valence electrons. The van der Waals surface area contributed by atoms with Crippen molar-refractivity contribution in [3.05, 3.63) is 89.5 Å². The second-order valence-corrected chi connectivity index (χ2v) is 8.50. The van der Waals surface area contributed by atoms with Gasteiger partial charge in [-0.25, -0.2) is 8.42 Å². The number of sulfonamides is 1. The number of hydrogen-bond acceptors (Lipinski definition) is 4. The summed E-state index contributed by atoms with van der Waals surface area (Å²) >= 11 is 0. The van der Waals surface area contributed by atoms with Crippen molar-refractivity contribution in [2.24, 2.45) is 0 Å². The molecule has 0 atom stereocenters. The molecule has 0 radical (unpaired) electrons. The first-order valence-electron chi connectivity index (χ1n) is 9.43. The van der Waals surface area contributed by atoms with E-state index in [1.54, 1.807) is 12.1 Å². The fourth-order valence-electron chi connectivity index (χ4n) is 2.81. The van der Waals surface area contributed by atoms with Crippen LogP contribution in [0.1, 0.15) is 26.3 Å². The Labute approximate surface area is 187 Å². The first-order chi connectivity index (χ1) is 15.5. The molecule has 3 N–H and O–H groups in total. The summed E-state index contributed by atoms with van der Waals surface area (Å²) in [6.07, 6.45) is -4.61. The Bertz CT molecular complexity index is 1270. The quantitative estimate of drug-likeness (QED) is 0.497. The van der Waals surface area contributed by atoms with Gasteiger partial charge in [-0.15, -0.1) is 0 Å². The molecule has 11 heteroatoms. The van der Waals surface area contributed by atoms with Crippen LogP contribution in [0.2, 0.25) is 0 Å². The molecular formula is C22H18F3N3O4S. The van der Waals surface area contributed by atoms with Gasteiger partial charge in [-0.2, -0.15) is 13.2 Å². The van der Waals surface area contributed by atoms with Gasteiger partial charge in [0, 0.05) is 29.5 Å². The zero-order valence-electron chi connectivity index (χ0n) is 17.1. The number of anilines is 2. The van der Waals surface area contributed by atoms with Crippen LogP contribution < -0.4 is 15.4 Å². The van der Waals surface area contributed by atoms with Crippen LogP contribution in [0.3, 0.4) is 0 Å². The van der Waals surface area contributed by atoms with Gasteiger partial charge in [0.25, 0.3) is 21.8 Å². The summed E-state index contributed by atoms with van der Waals surface area (Å²) < 4.78 is 65.7. The summed E-state index contributed by atoms with van der Waals surface area (Å²) in [6, 6.07) is 14.8. The maximum Gasteiger partial charge on any atom is 0.416 e. The molecular weight excluding hydrogens is 459 g/mol. The van der Waals surface area contributed by atoms with Crippen molar-refractivity contribution < 1.29 is 31.2 Å². The summed E-state index contributed by atoms with van der Waals surface area (Å²) in [5.41, 5.74) is -0.234. The monoisotopic (exact) mass is 477 g/mol. The number of nitrogens with one attached hydrogen (secondary N) is 3. The van der Waals surface area contributed by atoms with Crippen LogP contribution in [0.4, 0.5) is 24.5 Å². The van der Waals surface area contributed by atoms with E-state index in [1.165, 1.54) is 49.5 Å². The smallest absolute Gasteiger partial charge is 0.355 e. The summed E-state index contributed by atoms with van der Waals surface area (Å²) in [4.78, 5) is 23.7. The normalized spacial score (nSPS) is 11.5. The van der Waals surface area contributed by atoms with Crippen molar-refractivity contribution in [2.45, 2.75) is 11.1 Å². The van der Waals surface area contributed by atoms with Crippen molar-refractivity contribution >= 4 is 33.2 Å². The Hall–Kier alpha value is -3.86. The van der Waals surface area contributed by atoms with E-state index < -0.39 is 27.7 Å². The molecule has 0 aromatic heterocycles. The Kier molecular flexibility index (Phi) is 6.73. The van der Waals surface area contributed by atoms with E-state index >= 15 is 0 Å². The lowest BCUT2D eigenvalue weighted by atomic mass is 10.1. The summed E-state index contributed by atoms with van der Waals surface area (Å²) in [6.45, 7) is 0. The molecule has 0 aliphatic heterocycles. The first kappa shape index (κ1) is 23.8. The highest BCUT2D eigenvalue weighted by molar-refractivity contribution is 7.92. The molecule has 0 saturated heterocycles. The molecule has 3 aromatic carbocycles. The second kappa shape index (κ2) is 9.33. The summed E-state index contributed by atoms with van der Waals surface area (Å²) in [5.74, 6) is -0.791. The van der Waals surface area contributed by atoms with Crippen LogP contribution in [0.5, 0.6) is 0 Å². The van der Waals surface area contributed by atoms with Gasteiger partial charge in [-0.1, -0.05) is 6.07 Å². The third kappa shape index (κ3) is 5.89. The maximum absolute atomic E-state index is 12.8. The van der Waals surface area contributed by atoms with Gasteiger partial charge in [0.15, 0.2) is 0 Å². The lowest BCUT2D eigenvalue weighted by molar-refractivity contribution is -0.137. The largest absolute Gasteiger partial charge is 0.416 e. The van der Waals surface area contributed by atoms with Crippen LogP contribution in [-0.2, 0) is 16.2 Å². The Morgan fingerprint density at radius 3 is 1.94 bits per heavy atom. The van der Waals surface area contributed by atoms with E-state index in [1.807, 2.05) is 0 Å². The standard InChI is InChI=1S/C22H18F3N3O4S/c1-26-20(29)14-5-9-17(10-6-14)27-21(30)15-7-11-19(12-8-15)33(31,32)28-18-4-2-3-16(13-18)22(23,24)25/h2-13,28H,1H3,(H,26,29)(H,27,30). The highest BCUT2D eigenvalue weighted by Crippen LogP contribution is 2.31. The Morgan fingerprint density at radius 2 is 1.36 bits per heavy atom. The highest BCUT2D eigenvalue weighted by atomic mass is 32.2. The number of carbonyl (C=O) groups excluding carboxylic acids is 2. The number of hydrogen-bond donors (Lipinski definition) is 3. The number of alkyl halides is 3. The SMILES string of the molecule is CNC(=O)c1ccc(NC(=O)c2ccc(S(=O)(=O)Nc3cccc(C(F)(F)F)c3)cc2)cc1. The number of rotatable bonds is 6. The van der Waals surface area contributed by atoms with Crippen LogP contribution in [0, 0.1) is 0 Å². The minimum absolute atomic E-state index is 0.156. The number of carbonyl (C=O) groups is 2. The zero-order valence-corrected chi connectivity index (χ0v) is 17.9. The topological polar surface area (TPSA) is 104 Å². The Balaban J connectivity index is 1.71. The molecule has 0 spiro atoms. The van der Waals surface area contributed by atoms with Crippen LogP contribution in [0.15, 0.2) is 77.7 Å². The molecule has 0 bridgehead atoms. The molecule has 0 aliphatic carbocycles. The van der Waals surface area contributed by atoms with E-state index in [0.29, 0.717) is 17.3 Å². The Morgan fingerprint density at radius 1 is 0.788 bits per heavy atom. The fourth-order valence-corrected chi connectivity index (χ4v) is 3.86. The molecule has 7 nitrogen and oxygen atoms in total. The molecule has 0 heterocycles. The molecule has 0 saturated carbocycles. The van der Waals surface area contributed by atoms with Crippen LogP contribution in [-0.4, -0.2) is 27.3 Å². The van der Waals surface area contributed by atoms with E-state index in [2.05, 4.69) is 15.4 Å². The molecule has 3 rings (SSSR count). The number of benzene rings is 3. The van der Waals surface area contributed by atoms with E-state index in [-0.39, 0.29) is 22.1 Å². The van der Waals surface area contributed by atoms with E-state index in [0.717, 1.165) is 12.1 Å². The van der Waals surface area contributed by atoms with Crippen molar-refractivity contribution in [2.75, 3.05) is 17.1 Å². The average Bonchev–Trinajstić information content (AvgIpc) is 2.78. The van der Waals surface area contributed by atoms with Crippen LogP contribution >= 0.6 is 0 Å². The van der Waals surface area contributed by atoms with Gasteiger partial charge in [0.1, 0.15) is 0 Å². The highest BCUT2D eigenvalue weighted by Gasteiger charge is 2.30. The average molecular weight is 477 g/mol. The first-order valence-corrected chi connectivity index (χ1v) is 10.9. The molecule has 0 unspecified atom stereocenters. The molecule has 33 heavy (non-hydrogen) atoms. The van der Waals surface area contributed by atoms with E-state index in [4.69, 9.17) is 0 Å². The molecule has 0 aliphatic rings. The van der Waals surface area contributed by atoms with Crippen molar-refractivity contribution in [3.8, 4) is 0 Å². The minimum Gasteiger partial charge on any atom is -0.355 e. The van der Waals surface area contributed by atoms with Crippen molar-refractivity contribution in [1.29, 1.82) is 0 Å². The number of amides is 2. The van der Waals surface area contributed by atoms with Gasteiger partial charge < -0.3 is 10.6 Å². The lowest BCUT2D eigenvalue weighted by Crippen LogP contribution is -2.18. The number of halogens is 3. The summed E-state index contributed by atoms with van der Waals surface area (Å²) in [7, 11) is -2.68. The molecule has 3 aromatic rings. The fraction of sp³-hybridized carbons (Fsp3) is 0.0909. The predicted octanol–water partition coefficient (Wildman–Crippen LogP) is 4.12. The zero-order chi connectivity index (χ0) is 24.2. The van der Waals surface area contributed by atoms with E-state index in [9.17, 15) is 31.2 Å². The molecule has 2 amide bonds. The van der Waals surface area contributed by atoms with Gasteiger partial charge in [0.05, 0.1) is 10.5 Å². The minimum atomic E-state index is -4.61. The second-order valence-electron chi connectivity index (χ2n) is 6.82. The summed E-state index contributed by atoms with van der Waals surface area (Å²) in [5, 5.41) is 5.10. The third-order valence-corrected chi connectivity index (χ3v) is 5.90. The third-order valence-electron chi connectivity index (χ3n) is 4.50. The van der Waals surface area contributed by atoms with Crippen molar-refractivity contribution in [3.63, 3.8) is 0 Å². The van der Waals surface area contributed by atoms with Gasteiger partial charge in [-0.3, -0.25) is 14.3 Å².